The summed E-state index contributed by atoms with van der Waals surface area (Å²) in [5, 5.41) is 2.87. The second kappa shape index (κ2) is 6.41. The average molecular weight is 283 g/mol. The van der Waals surface area contributed by atoms with E-state index in [0.717, 1.165) is 17.8 Å². The van der Waals surface area contributed by atoms with Gasteiger partial charge >= 0.3 is 0 Å². The number of benzene rings is 2. The second-order valence-corrected chi connectivity index (χ2v) is 5.48. The fourth-order valence-corrected chi connectivity index (χ4v) is 2.12. The van der Waals surface area contributed by atoms with Gasteiger partial charge in [-0.05, 0) is 50.8 Å². The standard InChI is InChI=1S/C17H21N3O/c1-12-4-9-16(18)15(10-12)17(21)19-14-7-5-13(6-8-14)11-20(2)3/h4-10H,11,18H2,1-3H3,(H,19,21). The summed E-state index contributed by atoms with van der Waals surface area (Å²) in [6.07, 6.45) is 0. The number of nitrogen functional groups attached to an aromatic ring is 1. The zero-order valence-corrected chi connectivity index (χ0v) is 12.7. The van der Waals surface area contributed by atoms with Gasteiger partial charge in [-0.2, -0.15) is 0 Å². The average Bonchev–Trinajstić information content (AvgIpc) is 2.43. The first-order valence-corrected chi connectivity index (χ1v) is 6.87. The number of aryl methyl sites for hydroxylation is 1. The van der Waals surface area contributed by atoms with Gasteiger partial charge in [0.1, 0.15) is 0 Å². The molecule has 3 N–H and O–H groups in total. The summed E-state index contributed by atoms with van der Waals surface area (Å²) >= 11 is 0. The normalized spacial score (nSPS) is 10.7. The Hall–Kier alpha value is -2.33. The Kier molecular flexibility index (Phi) is 4.60. The molecular weight excluding hydrogens is 262 g/mol. The molecule has 0 aliphatic carbocycles. The molecule has 0 aliphatic heterocycles. The molecule has 0 saturated heterocycles. The molecular formula is C17H21N3O. The smallest absolute Gasteiger partial charge is 0.257 e. The first-order valence-electron chi connectivity index (χ1n) is 6.87. The largest absolute Gasteiger partial charge is 0.398 e. The topological polar surface area (TPSA) is 58.4 Å². The summed E-state index contributed by atoms with van der Waals surface area (Å²) in [5.74, 6) is -0.184. The number of hydrogen-bond donors (Lipinski definition) is 2. The van der Waals surface area contributed by atoms with E-state index in [9.17, 15) is 4.79 Å². The number of rotatable bonds is 4. The summed E-state index contributed by atoms with van der Waals surface area (Å²) in [4.78, 5) is 14.3. The van der Waals surface area contributed by atoms with Crippen LogP contribution in [0.15, 0.2) is 42.5 Å². The van der Waals surface area contributed by atoms with Gasteiger partial charge in [0.2, 0.25) is 0 Å². The predicted octanol–water partition coefficient (Wildman–Crippen LogP) is 2.89. The van der Waals surface area contributed by atoms with Crippen LogP contribution in [-0.4, -0.2) is 24.9 Å². The van der Waals surface area contributed by atoms with Crippen molar-refractivity contribution in [2.45, 2.75) is 13.5 Å². The second-order valence-electron chi connectivity index (χ2n) is 5.48. The fourth-order valence-electron chi connectivity index (χ4n) is 2.12. The van der Waals surface area contributed by atoms with Crippen molar-refractivity contribution in [2.75, 3.05) is 25.1 Å². The van der Waals surface area contributed by atoms with Crippen LogP contribution >= 0.6 is 0 Å². The minimum Gasteiger partial charge on any atom is -0.398 e. The van der Waals surface area contributed by atoms with E-state index in [1.807, 2.05) is 51.4 Å². The van der Waals surface area contributed by atoms with Gasteiger partial charge in [-0.3, -0.25) is 4.79 Å². The van der Waals surface area contributed by atoms with Crippen LogP contribution < -0.4 is 11.1 Å². The van der Waals surface area contributed by atoms with E-state index in [1.54, 1.807) is 12.1 Å². The Balaban J connectivity index is 2.10. The maximum Gasteiger partial charge on any atom is 0.257 e. The van der Waals surface area contributed by atoms with E-state index < -0.39 is 0 Å². The SMILES string of the molecule is Cc1ccc(N)c(C(=O)Nc2ccc(CN(C)C)cc2)c1. The van der Waals surface area contributed by atoms with Crippen LogP contribution in [0.5, 0.6) is 0 Å². The van der Waals surface area contributed by atoms with Gasteiger partial charge in [0.05, 0.1) is 5.56 Å². The lowest BCUT2D eigenvalue weighted by Crippen LogP contribution is -2.14. The van der Waals surface area contributed by atoms with Gasteiger partial charge < -0.3 is 16.0 Å². The molecule has 4 heteroatoms. The van der Waals surface area contributed by atoms with Crippen LogP contribution in [0, 0.1) is 6.92 Å². The number of carbonyl (C=O) groups is 1. The monoisotopic (exact) mass is 283 g/mol. The molecule has 110 valence electrons. The Morgan fingerprint density at radius 3 is 2.43 bits per heavy atom. The van der Waals surface area contributed by atoms with Gasteiger partial charge in [0, 0.05) is 17.9 Å². The third kappa shape index (κ3) is 4.07. The molecule has 1 amide bonds. The van der Waals surface area contributed by atoms with Crippen molar-refractivity contribution in [1.29, 1.82) is 0 Å². The highest BCUT2D eigenvalue weighted by molar-refractivity contribution is 6.07. The van der Waals surface area contributed by atoms with E-state index in [2.05, 4.69) is 10.2 Å². The number of nitrogens with zero attached hydrogens (tertiary/aromatic N) is 1. The Morgan fingerprint density at radius 1 is 1.14 bits per heavy atom. The number of hydrogen-bond acceptors (Lipinski definition) is 3. The van der Waals surface area contributed by atoms with Crippen LogP contribution in [0.1, 0.15) is 21.5 Å². The molecule has 4 nitrogen and oxygen atoms in total. The maximum atomic E-state index is 12.3. The van der Waals surface area contributed by atoms with E-state index >= 15 is 0 Å². The summed E-state index contributed by atoms with van der Waals surface area (Å²) in [6, 6.07) is 13.3. The van der Waals surface area contributed by atoms with Crippen molar-refractivity contribution in [2.24, 2.45) is 0 Å². The maximum absolute atomic E-state index is 12.3. The summed E-state index contributed by atoms with van der Waals surface area (Å²) < 4.78 is 0. The lowest BCUT2D eigenvalue weighted by atomic mass is 10.1. The van der Waals surface area contributed by atoms with E-state index in [1.165, 1.54) is 5.56 Å². The van der Waals surface area contributed by atoms with Crippen LogP contribution in [0.25, 0.3) is 0 Å². The molecule has 0 aromatic heterocycles. The Labute approximate surface area is 125 Å². The van der Waals surface area contributed by atoms with Crippen molar-refractivity contribution in [3.05, 3.63) is 59.2 Å². The number of carbonyl (C=O) groups excluding carboxylic acids is 1. The zero-order valence-electron chi connectivity index (χ0n) is 12.7. The number of nitrogens with one attached hydrogen (secondary N) is 1. The van der Waals surface area contributed by atoms with Crippen molar-refractivity contribution in [3.63, 3.8) is 0 Å². The van der Waals surface area contributed by atoms with Crippen molar-refractivity contribution < 1.29 is 4.79 Å². The van der Waals surface area contributed by atoms with Crippen LogP contribution in [0.3, 0.4) is 0 Å². The molecule has 0 atom stereocenters. The molecule has 0 aliphatic rings. The molecule has 2 aromatic rings. The first-order chi connectivity index (χ1) is 9.95. The van der Waals surface area contributed by atoms with Gasteiger partial charge in [-0.25, -0.2) is 0 Å². The van der Waals surface area contributed by atoms with Gasteiger partial charge in [0.15, 0.2) is 0 Å². The lowest BCUT2D eigenvalue weighted by molar-refractivity contribution is 0.102. The fraction of sp³-hybridized carbons (Fsp3) is 0.235. The lowest BCUT2D eigenvalue weighted by Gasteiger charge is -2.11. The molecule has 0 radical (unpaired) electrons. The summed E-state index contributed by atoms with van der Waals surface area (Å²) in [7, 11) is 4.05. The third-order valence-corrected chi connectivity index (χ3v) is 3.16. The van der Waals surface area contributed by atoms with Crippen molar-refractivity contribution in [3.8, 4) is 0 Å². The highest BCUT2D eigenvalue weighted by atomic mass is 16.1. The molecule has 21 heavy (non-hydrogen) atoms. The molecule has 0 spiro atoms. The van der Waals surface area contributed by atoms with Crippen molar-refractivity contribution in [1.82, 2.24) is 4.90 Å². The summed E-state index contributed by atoms with van der Waals surface area (Å²) in [5.41, 5.74) is 9.83. The van der Waals surface area contributed by atoms with Gasteiger partial charge in [-0.15, -0.1) is 0 Å². The third-order valence-electron chi connectivity index (χ3n) is 3.16. The minimum absolute atomic E-state index is 0.184. The van der Waals surface area contributed by atoms with Gasteiger partial charge in [0.25, 0.3) is 5.91 Å². The van der Waals surface area contributed by atoms with Crippen LogP contribution in [-0.2, 0) is 6.54 Å². The molecule has 0 heterocycles. The molecule has 0 unspecified atom stereocenters. The highest BCUT2D eigenvalue weighted by Gasteiger charge is 2.10. The number of amides is 1. The quantitative estimate of drug-likeness (QED) is 0.848. The molecule has 0 bridgehead atoms. The minimum atomic E-state index is -0.184. The van der Waals surface area contributed by atoms with E-state index in [0.29, 0.717) is 11.3 Å². The number of nitrogens with two attached hydrogens (primary N) is 1. The summed E-state index contributed by atoms with van der Waals surface area (Å²) in [6.45, 7) is 2.81. The molecule has 2 aromatic carbocycles. The molecule has 0 fully saturated rings. The van der Waals surface area contributed by atoms with Crippen LogP contribution in [0.4, 0.5) is 11.4 Å². The predicted molar refractivity (Wildman–Crippen MR) is 87.4 cm³/mol. The number of anilines is 2. The van der Waals surface area contributed by atoms with Gasteiger partial charge in [-0.1, -0.05) is 23.8 Å². The Morgan fingerprint density at radius 2 is 1.81 bits per heavy atom. The van der Waals surface area contributed by atoms with E-state index in [-0.39, 0.29) is 5.91 Å². The first kappa shape index (κ1) is 15.1. The van der Waals surface area contributed by atoms with Crippen LogP contribution in [0.2, 0.25) is 0 Å². The molecule has 0 saturated carbocycles. The van der Waals surface area contributed by atoms with Crippen molar-refractivity contribution >= 4 is 17.3 Å². The zero-order chi connectivity index (χ0) is 15.4. The highest BCUT2D eigenvalue weighted by Crippen LogP contribution is 2.17. The Bertz CT molecular complexity index is 633. The van der Waals surface area contributed by atoms with E-state index in [4.69, 9.17) is 5.73 Å². The molecule has 2 rings (SSSR count).